The molecule has 0 fully saturated rings. The fraction of sp³-hybridized carbons (Fsp3) is 0.300. The highest BCUT2D eigenvalue weighted by Gasteiger charge is 2.25. The fourth-order valence-electron chi connectivity index (χ4n) is 2.21. The molecule has 0 aliphatic carbocycles. The molecule has 4 nitrogen and oxygen atoms in total. The second-order valence-electron chi connectivity index (χ2n) is 6.02. The number of nitrogens with one attached hydrogen (secondary N) is 1. The minimum Gasteiger partial charge on any atom is -0.445 e. The number of hydrogen-bond acceptors (Lipinski definition) is 4. The van der Waals surface area contributed by atoms with Gasteiger partial charge in [0, 0.05) is 5.75 Å². The van der Waals surface area contributed by atoms with Crippen molar-refractivity contribution in [2.75, 3.05) is 0 Å². The highest BCUT2D eigenvalue weighted by atomic mass is 32.2. The Morgan fingerprint density at radius 2 is 1.52 bits per heavy atom. The van der Waals surface area contributed by atoms with Crippen molar-refractivity contribution < 1.29 is 14.3 Å². The predicted molar refractivity (Wildman–Crippen MR) is 101 cm³/mol. The molecule has 0 saturated carbocycles. The first kappa shape index (κ1) is 19.1. The number of amides is 1. The lowest BCUT2D eigenvalue weighted by Gasteiger charge is -2.20. The van der Waals surface area contributed by atoms with E-state index in [1.54, 1.807) is 0 Å². The average Bonchev–Trinajstić information content (AvgIpc) is 2.64. The number of alkyl carbamates (subject to hydrolysis) is 1. The summed E-state index contributed by atoms with van der Waals surface area (Å²) in [6, 6.07) is 18.7. The summed E-state index contributed by atoms with van der Waals surface area (Å²) in [5, 5.41) is 2.63. The SMILES string of the molecule is CC(C)[C@H](NC(=O)OCc1ccccc1)C(=O)SCc1ccccc1. The Hall–Kier alpha value is -2.27. The van der Waals surface area contributed by atoms with Crippen molar-refractivity contribution in [2.24, 2.45) is 5.92 Å². The number of carbonyl (C=O) groups excluding carboxylic acids is 2. The molecule has 25 heavy (non-hydrogen) atoms. The number of carbonyl (C=O) groups is 2. The maximum absolute atomic E-state index is 12.5. The van der Waals surface area contributed by atoms with E-state index in [0.29, 0.717) is 5.75 Å². The third kappa shape index (κ3) is 6.63. The summed E-state index contributed by atoms with van der Waals surface area (Å²) in [5.74, 6) is 0.573. The van der Waals surface area contributed by atoms with Crippen LogP contribution in [-0.2, 0) is 21.9 Å². The Bertz CT molecular complexity index is 674. The average molecular weight is 357 g/mol. The molecule has 1 amide bonds. The topological polar surface area (TPSA) is 55.4 Å². The van der Waals surface area contributed by atoms with E-state index >= 15 is 0 Å². The number of rotatable bonds is 7. The van der Waals surface area contributed by atoms with Crippen LogP contribution < -0.4 is 5.32 Å². The van der Waals surface area contributed by atoms with Crippen molar-refractivity contribution in [3.63, 3.8) is 0 Å². The Labute approximate surface area is 153 Å². The summed E-state index contributed by atoms with van der Waals surface area (Å²) in [7, 11) is 0. The van der Waals surface area contributed by atoms with Crippen LogP contribution in [0, 0.1) is 5.92 Å². The molecule has 0 bridgehead atoms. The van der Waals surface area contributed by atoms with E-state index in [4.69, 9.17) is 4.74 Å². The molecular formula is C20H23NO3S. The van der Waals surface area contributed by atoms with Gasteiger partial charge in [0.2, 0.25) is 5.12 Å². The van der Waals surface area contributed by atoms with E-state index in [-0.39, 0.29) is 17.6 Å². The molecule has 0 spiro atoms. The first-order valence-corrected chi connectivity index (χ1v) is 9.22. The van der Waals surface area contributed by atoms with Crippen molar-refractivity contribution in [1.82, 2.24) is 5.32 Å². The Kier molecular flexibility index (Phi) is 7.54. The van der Waals surface area contributed by atoms with Crippen molar-refractivity contribution in [2.45, 2.75) is 32.2 Å². The van der Waals surface area contributed by atoms with E-state index in [9.17, 15) is 9.59 Å². The Morgan fingerprint density at radius 1 is 0.960 bits per heavy atom. The standard InChI is InChI=1S/C20H23NO3S/c1-15(2)18(19(22)25-14-17-11-7-4-8-12-17)21-20(23)24-13-16-9-5-3-6-10-16/h3-12,15,18H,13-14H2,1-2H3,(H,21,23)/t18-/m0/s1. The summed E-state index contributed by atoms with van der Waals surface area (Å²) in [6.45, 7) is 4.00. The van der Waals surface area contributed by atoms with Crippen LogP contribution >= 0.6 is 11.8 Å². The van der Waals surface area contributed by atoms with Crippen molar-refractivity contribution in [1.29, 1.82) is 0 Å². The smallest absolute Gasteiger partial charge is 0.408 e. The van der Waals surface area contributed by atoms with E-state index < -0.39 is 12.1 Å². The zero-order chi connectivity index (χ0) is 18.1. The van der Waals surface area contributed by atoms with Crippen LogP contribution in [0.4, 0.5) is 4.79 Å². The second kappa shape index (κ2) is 9.89. The van der Waals surface area contributed by atoms with E-state index in [0.717, 1.165) is 11.1 Å². The molecule has 0 saturated heterocycles. The van der Waals surface area contributed by atoms with Crippen LogP contribution in [-0.4, -0.2) is 17.3 Å². The normalized spacial score (nSPS) is 11.8. The number of hydrogen-bond donors (Lipinski definition) is 1. The third-order valence-electron chi connectivity index (χ3n) is 3.63. The summed E-state index contributed by atoms with van der Waals surface area (Å²) in [4.78, 5) is 24.5. The van der Waals surface area contributed by atoms with E-state index in [2.05, 4.69) is 5.32 Å². The van der Waals surface area contributed by atoms with E-state index in [1.807, 2.05) is 74.5 Å². The first-order chi connectivity index (χ1) is 12.1. The zero-order valence-corrected chi connectivity index (χ0v) is 15.3. The molecule has 0 aromatic heterocycles. The molecule has 1 atom stereocenters. The number of ether oxygens (including phenoxy) is 1. The van der Waals surface area contributed by atoms with Gasteiger partial charge in [-0.05, 0) is 17.0 Å². The highest BCUT2D eigenvalue weighted by molar-refractivity contribution is 8.13. The molecule has 0 heterocycles. The van der Waals surface area contributed by atoms with Crippen LogP contribution in [0.3, 0.4) is 0 Å². The summed E-state index contributed by atoms with van der Waals surface area (Å²) in [6.07, 6.45) is -0.573. The minimum absolute atomic E-state index is 0.0138. The number of benzene rings is 2. The van der Waals surface area contributed by atoms with Crippen LogP contribution in [0.2, 0.25) is 0 Å². The zero-order valence-electron chi connectivity index (χ0n) is 14.5. The molecule has 0 unspecified atom stereocenters. The molecule has 132 valence electrons. The molecule has 1 N–H and O–H groups in total. The minimum atomic E-state index is -0.573. The quantitative estimate of drug-likeness (QED) is 0.798. The second-order valence-corrected chi connectivity index (χ2v) is 7.00. The van der Waals surface area contributed by atoms with Gasteiger partial charge in [-0.3, -0.25) is 4.79 Å². The summed E-state index contributed by atoms with van der Waals surface area (Å²) < 4.78 is 5.21. The highest BCUT2D eigenvalue weighted by Crippen LogP contribution is 2.18. The first-order valence-electron chi connectivity index (χ1n) is 8.24. The van der Waals surface area contributed by atoms with Gasteiger partial charge in [-0.25, -0.2) is 4.79 Å². The lowest BCUT2D eigenvalue weighted by Crippen LogP contribution is -2.43. The maximum atomic E-state index is 12.5. The van der Waals surface area contributed by atoms with Crippen LogP contribution in [0.25, 0.3) is 0 Å². The molecular weight excluding hydrogens is 334 g/mol. The molecule has 0 aliphatic heterocycles. The van der Waals surface area contributed by atoms with Crippen LogP contribution in [0.15, 0.2) is 60.7 Å². The molecule has 2 aromatic rings. The summed E-state index contributed by atoms with van der Waals surface area (Å²) >= 11 is 1.21. The van der Waals surface area contributed by atoms with Gasteiger partial charge in [-0.2, -0.15) is 0 Å². The lowest BCUT2D eigenvalue weighted by molar-refractivity contribution is -0.113. The van der Waals surface area contributed by atoms with Crippen LogP contribution in [0.5, 0.6) is 0 Å². The summed E-state index contributed by atoms with van der Waals surface area (Å²) in [5.41, 5.74) is 1.98. The van der Waals surface area contributed by atoms with Gasteiger partial charge in [-0.1, -0.05) is 86.3 Å². The molecule has 2 rings (SSSR count). The molecule has 0 aliphatic rings. The van der Waals surface area contributed by atoms with Gasteiger partial charge >= 0.3 is 6.09 Å². The van der Waals surface area contributed by atoms with Gasteiger partial charge in [0.05, 0.1) is 0 Å². The van der Waals surface area contributed by atoms with Gasteiger partial charge in [0.1, 0.15) is 12.6 Å². The van der Waals surface area contributed by atoms with E-state index in [1.165, 1.54) is 11.8 Å². The molecule has 5 heteroatoms. The third-order valence-corrected chi connectivity index (χ3v) is 4.65. The molecule has 0 radical (unpaired) electrons. The fourth-order valence-corrected chi connectivity index (χ4v) is 3.22. The van der Waals surface area contributed by atoms with Gasteiger partial charge < -0.3 is 10.1 Å². The van der Waals surface area contributed by atoms with Crippen molar-refractivity contribution >= 4 is 23.0 Å². The van der Waals surface area contributed by atoms with Crippen molar-refractivity contribution in [3.8, 4) is 0 Å². The largest absolute Gasteiger partial charge is 0.445 e. The number of thioether (sulfide) groups is 1. The van der Waals surface area contributed by atoms with Gasteiger partial charge in [0.15, 0.2) is 0 Å². The Balaban J connectivity index is 1.84. The molecule has 2 aromatic carbocycles. The van der Waals surface area contributed by atoms with Gasteiger partial charge in [-0.15, -0.1) is 0 Å². The predicted octanol–water partition coefficient (Wildman–Crippen LogP) is 4.40. The monoisotopic (exact) mass is 357 g/mol. The van der Waals surface area contributed by atoms with Crippen molar-refractivity contribution in [3.05, 3.63) is 71.8 Å². The van der Waals surface area contributed by atoms with Gasteiger partial charge in [0.25, 0.3) is 0 Å². The Morgan fingerprint density at radius 3 is 2.08 bits per heavy atom. The lowest BCUT2D eigenvalue weighted by atomic mass is 10.1. The van der Waals surface area contributed by atoms with Crippen LogP contribution in [0.1, 0.15) is 25.0 Å². The maximum Gasteiger partial charge on any atom is 0.408 e.